The van der Waals surface area contributed by atoms with Gasteiger partial charge in [0.25, 0.3) is 5.91 Å². The molecule has 0 aliphatic carbocycles. The van der Waals surface area contributed by atoms with E-state index in [9.17, 15) is 4.79 Å². The number of anilines is 1. The van der Waals surface area contributed by atoms with Crippen molar-refractivity contribution in [2.24, 2.45) is 10.7 Å². The third kappa shape index (κ3) is 4.23. The van der Waals surface area contributed by atoms with Crippen LogP contribution in [0.5, 0.6) is 5.75 Å². The molecule has 22 heavy (non-hydrogen) atoms. The molecule has 0 aromatic heterocycles. The van der Waals surface area contributed by atoms with Gasteiger partial charge >= 0.3 is 0 Å². The van der Waals surface area contributed by atoms with Crippen molar-refractivity contribution in [3.05, 3.63) is 54.1 Å². The number of aliphatic imine (C=N–C) groups is 1. The molecule has 2 rings (SSSR count). The molecule has 114 valence electrons. The van der Waals surface area contributed by atoms with Crippen molar-refractivity contribution in [3.63, 3.8) is 0 Å². The summed E-state index contributed by atoms with van der Waals surface area (Å²) in [6, 6.07) is 14.0. The number of alkyl halides is 1. The summed E-state index contributed by atoms with van der Waals surface area (Å²) in [7, 11) is 1.57. The van der Waals surface area contributed by atoms with E-state index in [1.165, 1.54) is 0 Å². The van der Waals surface area contributed by atoms with Crippen LogP contribution in [0.4, 0.5) is 11.4 Å². The van der Waals surface area contributed by atoms with Crippen molar-refractivity contribution in [2.75, 3.05) is 18.3 Å². The average Bonchev–Trinajstić information content (AvgIpc) is 2.55. The molecule has 6 heteroatoms. The van der Waals surface area contributed by atoms with Gasteiger partial charge in [-0.3, -0.25) is 4.79 Å². The molecule has 0 unspecified atom stereocenters. The fourth-order valence-corrected chi connectivity index (χ4v) is 1.88. The van der Waals surface area contributed by atoms with Gasteiger partial charge in [-0.15, -0.1) is 11.6 Å². The minimum atomic E-state index is -0.241. The maximum absolute atomic E-state index is 12.3. The molecule has 0 aliphatic heterocycles. The number of nitrogens with two attached hydrogens (primary N) is 1. The number of hydrogen-bond acceptors (Lipinski definition) is 3. The highest BCUT2D eigenvalue weighted by atomic mass is 35.5. The molecule has 0 fully saturated rings. The Bertz CT molecular complexity index is 701. The van der Waals surface area contributed by atoms with Crippen LogP contribution in [0.2, 0.25) is 0 Å². The number of rotatable bonds is 5. The summed E-state index contributed by atoms with van der Waals surface area (Å²) in [6.07, 6.45) is 0. The van der Waals surface area contributed by atoms with Crippen LogP contribution in [0.1, 0.15) is 10.4 Å². The summed E-state index contributed by atoms with van der Waals surface area (Å²) in [4.78, 5) is 16.4. The molecule has 3 N–H and O–H groups in total. The van der Waals surface area contributed by atoms with Crippen LogP contribution in [0, 0.1) is 0 Å². The number of benzene rings is 2. The van der Waals surface area contributed by atoms with Crippen molar-refractivity contribution in [1.82, 2.24) is 0 Å². The van der Waals surface area contributed by atoms with Gasteiger partial charge in [0.1, 0.15) is 11.6 Å². The number of hydrogen-bond donors (Lipinski definition) is 2. The van der Waals surface area contributed by atoms with Gasteiger partial charge in [-0.25, -0.2) is 4.99 Å². The Kier molecular flexibility index (Phi) is 5.38. The third-order valence-electron chi connectivity index (χ3n) is 2.85. The molecule has 0 heterocycles. The molecule has 0 aliphatic rings. The Morgan fingerprint density at radius 1 is 1.27 bits per heavy atom. The normalized spacial score (nSPS) is 11.1. The largest absolute Gasteiger partial charge is 0.497 e. The van der Waals surface area contributed by atoms with Gasteiger partial charge in [0.2, 0.25) is 0 Å². The minimum absolute atomic E-state index is 0.139. The Hall–Kier alpha value is -2.53. The summed E-state index contributed by atoms with van der Waals surface area (Å²) in [5.41, 5.74) is 7.30. The van der Waals surface area contributed by atoms with Crippen LogP contribution in [0.25, 0.3) is 0 Å². The van der Waals surface area contributed by atoms with Crippen LogP contribution in [0.3, 0.4) is 0 Å². The molecule has 2 aromatic rings. The molecule has 0 bridgehead atoms. The highest BCUT2D eigenvalue weighted by Gasteiger charge is 2.07. The van der Waals surface area contributed by atoms with Crippen LogP contribution >= 0.6 is 11.6 Å². The van der Waals surface area contributed by atoms with Crippen molar-refractivity contribution in [3.8, 4) is 5.75 Å². The SMILES string of the molecule is COc1cccc(NC(=O)c2cccc(N=C(N)CCl)c2)c1. The number of amides is 1. The van der Waals surface area contributed by atoms with E-state index < -0.39 is 0 Å². The van der Waals surface area contributed by atoms with Gasteiger partial charge < -0.3 is 15.8 Å². The third-order valence-corrected chi connectivity index (χ3v) is 3.12. The smallest absolute Gasteiger partial charge is 0.255 e. The Morgan fingerprint density at radius 2 is 2.05 bits per heavy atom. The highest BCUT2D eigenvalue weighted by Crippen LogP contribution is 2.19. The summed E-state index contributed by atoms with van der Waals surface area (Å²) in [6.45, 7) is 0. The predicted molar refractivity (Wildman–Crippen MR) is 89.4 cm³/mol. The lowest BCUT2D eigenvalue weighted by Gasteiger charge is -2.07. The lowest BCUT2D eigenvalue weighted by molar-refractivity contribution is 0.102. The van der Waals surface area contributed by atoms with Gasteiger partial charge in [0, 0.05) is 17.3 Å². The van der Waals surface area contributed by atoms with E-state index in [-0.39, 0.29) is 11.8 Å². The van der Waals surface area contributed by atoms with E-state index >= 15 is 0 Å². The molecule has 1 amide bonds. The van der Waals surface area contributed by atoms with Gasteiger partial charge in [-0.05, 0) is 30.3 Å². The van der Waals surface area contributed by atoms with Crippen LogP contribution in [-0.4, -0.2) is 24.7 Å². The average molecular weight is 318 g/mol. The fourth-order valence-electron chi connectivity index (χ4n) is 1.82. The van der Waals surface area contributed by atoms with Gasteiger partial charge in [0.15, 0.2) is 0 Å². The van der Waals surface area contributed by atoms with E-state index in [1.54, 1.807) is 55.6 Å². The Morgan fingerprint density at radius 3 is 2.77 bits per heavy atom. The molecule has 0 saturated carbocycles. The molecule has 0 saturated heterocycles. The lowest BCUT2D eigenvalue weighted by Crippen LogP contribution is -2.13. The Labute approximate surface area is 133 Å². The Balaban J connectivity index is 2.17. The molecule has 2 aromatic carbocycles. The fraction of sp³-hybridized carbons (Fsp3) is 0.125. The molecule has 0 spiro atoms. The first-order valence-electron chi connectivity index (χ1n) is 6.57. The van der Waals surface area contributed by atoms with E-state index in [0.717, 1.165) is 0 Å². The monoisotopic (exact) mass is 317 g/mol. The standard InChI is InChI=1S/C16H16ClN3O2/c1-22-14-7-3-6-13(9-14)20-16(21)11-4-2-5-12(8-11)19-15(18)10-17/h2-9H,10H2,1H3,(H2,18,19)(H,20,21). The molecular weight excluding hydrogens is 302 g/mol. The zero-order valence-corrected chi connectivity index (χ0v) is 12.8. The van der Waals surface area contributed by atoms with E-state index in [1.807, 2.05) is 0 Å². The van der Waals surface area contributed by atoms with Crippen LogP contribution < -0.4 is 15.8 Å². The number of nitrogens with one attached hydrogen (secondary N) is 1. The zero-order valence-electron chi connectivity index (χ0n) is 12.0. The van der Waals surface area contributed by atoms with E-state index in [2.05, 4.69) is 10.3 Å². The van der Waals surface area contributed by atoms with Crippen molar-refractivity contribution in [1.29, 1.82) is 0 Å². The first kappa shape index (κ1) is 15.9. The summed E-state index contributed by atoms with van der Waals surface area (Å²) >= 11 is 5.59. The second-order valence-corrected chi connectivity index (χ2v) is 4.74. The maximum atomic E-state index is 12.3. The summed E-state index contributed by atoms with van der Waals surface area (Å²) in [5.74, 6) is 0.869. The molecular formula is C16H16ClN3O2. The lowest BCUT2D eigenvalue weighted by atomic mass is 10.2. The number of carbonyl (C=O) groups is 1. The number of carbonyl (C=O) groups excluding carboxylic acids is 1. The van der Waals surface area contributed by atoms with E-state index in [0.29, 0.717) is 28.5 Å². The predicted octanol–water partition coefficient (Wildman–Crippen LogP) is 3.18. The number of methoxy groups -OCH3 is 1. The maximum Gasteiger partial charge on any atom is 0.255 e. The van der Waals surface area contributed by atoms with Gasteiger partial charge in [-0.2, -0.15) is 0 Å². The summed E-state index contributed by atoms with van der Waals surface area (Å²) in [5, 5.41) is 2.80. The van der Waals surface area contributed by atoms with Crippen LogP contribution in [0.15, 0.2) is 53.5 Å². The quantitative estimate of drug-likeness (QED) is 0.505. The molecule has 0 atom stereocenters. The first-order chi connectivity index (χ1) is 10.6. The van der Waals surface area contributed by atoms with Gasteiger partial charge in [0.05, 0.1) is 18.7 Å². The number of ether oxygens (including phenoxy) is 1. The zero-order chi connectivity index (χ0) is 15.9. The topological polar surface area (TPSA) is 76.7 Å². The second-order valence-electron chi connectivity index (χ2n) is 4.47. The molecule has 0 radical (unpaired) electrons. The minimum Gasteiger partial charge on any atom is -0.497 e. The first-order valence-corrected chi connectivity index (χ1v) is 7.10. The van der Waals surface area contributed by atoms with Crippen molar-refractivity contribution in [2.45, 2.75) is 0 Å². The van der Waals surface area contributed by atoms with Gasteiger partial charge in [-0.1, -0.05) is 12.1 Å². The second kappa shape index (κ2) is 7.47. The highest BCUT2D eigenvalue weighted by molar-refractivity contribution is 6.28. The summed E-state index contributed by atoms with van der Waals surface area (Å²) < 4.78 is 5.12. The number of halogens is 1. The molecule has 5 nitrogen and oxygen atoms in total. The van der Waals surface area contributed by atoms with Crippen molar-refractivity contribution < 1.29 is 9.53 Å². The number of amidine groups is 1. The number of nitrogens with zero attached hydrogens (tertiary/aromatic N) is 1. The van der Waals surface area contributed by atoms with E-state index in [4.69, 9.17) is 22.1 Å². The van der Waals surface area contributed by atoms with Crippen LogP contribution in [-0.2, 0) is 0 Å². The van der Waals surface area contributed by atoms with Crippen molar-refractivity contribution >= 4 is 34.7 Å².